The van der Waals surface area contributed by atoms with E-state index in [0.29, 0.717) is 5.92 Å². The van der Waals surface area contributed by atoms with Crippen LogP contribution in [0, 0.1) is 0 Å². The first kappa shape index (κ1) is 25.7. The van der Waals surface area contributed by atoms with Gasteiger partial charge in [0, 0.05) is 37.1 Å². The van der Waals surface area contributed by atoms with Gasteiger partial charge in [0.2, 0.25) is 0 Å². The molecule has 1 aliphatic rings. The number of aliphatic carboxylic acids is 1. The maximum absolute atomic E-state index is 13.3. The van der Waals surface area contributed by atoms with Gasteiger partial charge in [-0.25, -0.2) is 9.78 Å². The molecule has 0 saturated carbocycles. The predicted octanol–water partition coefficient (Wildman–Crippen LogP) is 4.60. The van der Waals surface area contributed by atoms with Crippen LogP contribution < -0.4 is 0 Å². The normalized spacial score (nSPS) is 15.2. The van der Waals surface area contributed by atoms with Crippen LogP contribution in [-0.2, 0) is 4.79 Å². The van der Waals surface area contributed by atoms with Gasteiger partial charge in [-0.05, 0) is 38.2 Å². The zero-order valence-electron chi connectivity index (χ0n) is 19.2. The summed E-state index contributed by atoms with van der Waals surface area (Å²) in [6.07, 6.45) is -2.04. The molecule has 0 radical (unpaired) electrons. The number of carboxylic acids is 1. The molecule has 3 aromatic heterocycles. The molecular formula is C23H27F3N4O3S. The number of alkyl halides is 3. The number of carbonyl (C=O) groups is 2. The molecular weight excluding hydrogens is 469 g/mol. The van der Waals surface area contributed by atoms with E-state index in [1.807, 2.05) is 35.4 Å². The summed E-state index contributed by atoms with van der Waals surface area (Å²) in [7, 11) is 2.12. The molecule has 1 N–H and O–H groups in total. The van der Waals surface area contributed by atoms with Crippen LogP contribution in [0.15, 0.2) is 35.8 Å². The molecule has 1 amide bonds. The van der Waals surface area contributed by atoms with Crippen LogP contribution in [0.4, 0.5) is 13.2 Å². The Kier molecular flexibility index (Phi) is 7.98. The van der Waals surface area contributed by atoms with E-state index in [1.54, 1.807) is 11.3 Å². The number of carboxylic acid groups (broad SMARTS) is 1. The summed E-state index contributed by atoms with van der Waals surface area (Å²) in [4.78, 5) is 31.3. The van der Waals surface area contributed by atoms with Gasteiger partial charge in [0.1, 0.15) is 0 Å². The number of hydrogen-bond acceptors (Lipinski definition) is 5. The predicted molar refractivity (Wildman–Crippen MR) is 124 cm³/mol. The fourth-order valence-corrected chi connectivity index (χ4v) is 4.44. The highest BCUT2D eigenvalue weighted by Gasteiger charge is 2.38. The van der Waals surface area contributed by atoms with Crippen LogP contribution in [-0.4, -0.2) is 75.6 Å². The van der Waals surface area contributed by atoms with Gasteiger partial charge < -0.3 is 19.3 Å². The van der Waals surface area contributed by atoms with E-state index in [9.17, 15) is 18.0 Å². The average molecular weight is 497 g/mol. The third kappa shape index (κ3) is 5.95. The monoisotopic (exact) mass is 496 g/mol. The van der Waals surface area contributed by atoms with E-state index >= 15 is 0 Å². The number of carbonyl (C=O) groups excluding carboxylic acids is 1. The van der Waals surface area contributed by atoms with Crippen molar-refractivity contribution in [3.8, 4) is 11.4 Å². The summed E-state index contributed by atoms with van der Waals surface area (Å²) in [5.41, 5.74) is 3.66. The number of halogens is 3. The Morgan fingerprint density at radius 1 is 1.15 bits per heavy atom. The van der Waals surface area contributed by atoms with Crippen LogP contribution >= 0.6 is 11.3 Å². The molecule has 4 rings (SSSR count). The van der Waals surface area contributed by atoms with Crippen LogP contribution in [0.5, 0.6) is 0 Å². The van der Waals surface area contributed by atoms with Crippen molar-refractivity contribution in [2.24, 2.45) is 0 Å². The Balaban J connectivity index is 0.000000406. The summed E-state index contributed by atoms with van der Waals surface area (Å²) >= 11 is 1.68. The summed E-state index contributed by atoms with van der Waals surface area (Å²) in [6, 6.07) is 8.04. The second kappa shape index (κ2) is 10.6. The molecule has 0 atom stereocenters. The third-order valence-corrected chi connectivity index (χ3v) is 6.58. The van der Waals surface area contributed by atoms with Gasteiger partial charge >= 0.3 is 12.1 Å². The Labute approximate surface area is 199 Å². The number of amides is 1. The lowest BCUT2D eigenvalue weighted by atomic mass is 10.2. The summed E-state index contributed by atoms with van der Waals surface area (Å²) in [5.74, 6) is -2.22. The topological polar surface area (TPSA) is 78.2 Å². The highest BCUT2D eigenvalue weighted by Crippen LogP contribution is 2.30. The molecule has 11 heteroatoms. The van der Waals surface area contributed by atoms with Crippen molar-refractivity contribution < 1.29 is 27.9 Å². The van der Waals surface area contributed by atoms with Gasteiger partial charge in [0.25, 0.3) is 5.91 Å². The van der Waals surface area contributed by atoms with Gasteiger partial charge in [-0.2, -0.15) is 13.2 Å². The molecule has 7 nitrogen and oxygen atoms in total. The maximum Gasteiger partial charge on any atom is 0.490 e. The van der Waals surface area contributed by atoms with Crippen molar-refractivity contribution in [3.63, 3.8) is 0 Å². The van der Waals surface area contributed by atoms with Crippen LogP contribution in [0.2, 0.25) is 0 Å². The summed E-state index contributed by atoms with van der Waals surface area (Å²) < 4.78 is 33.8. The Morgan fingerprint density at radius 2 is 1.85 bits per heavy atom. The number of pyridine rings is 1. The second-order valence-corrected chi connectivity index (χ2v) is 9.27. The van der Waals surface area contributed by atoms with Crippen molar-refractivity contribution >= 4 is 28.7 Å². The van der Waals surface area contributed by atoms with Crippen LogP contribution in [0.1, 0.15) is 41.6 Å². The van der Waals surface area contributed by atoms with Crippen LogP contribution in [0.25, 0.3) is 16.9 Å². The lowest BCUT2D eigenvalue weighted by Gasteiger charge is -2.20. The van der Waals surface area contributed by atoms with E-state index in [-0.39, 0.29) is 5.91 Å². The average Bonchev–Trinajstić information content (AvgIpc) is 3.34. The molecule has 0 aromatic carbocycles. The second-order valence-electron chi connectivity index (χ2n) is 8.38. The Hall–Kier alpha value is -2.92. The number of fused-ring (bicyclic) bond motifs is 1. The quantitative estimate of drug-likeness (QED) is 0.574. The van der Waals surface area contributed by atoms with Crippen molar-refractivity contribution in [2.75, 3.05) is 33.2 Å². The molecule has 3 aromatic rings. The first-order chi connectivity index (χ1) is 16.0. The zero-order chi connectivity index (χ0) is 25.0. The number of thiazole rings is 1. The minimum atomic E-state index is -5.08. The molecule has 0 spiro atoms. The van der Waals surface area contributed by atoms with Gasteiger partial charge in [0.05, 0.1) is 27.5 Å². The highest BCUT2D eigenvalue weighted by molar-refractivity contribution is 7.10. The van der Waals surface area contributed by atoms with E-state index < -0.39 is 12.1 Å². The minimum Gasteiger partial charge on any atom is -0.475 e. The molecule has 0 aliphatic carbocycles. The molecule has 1 fully saturated rings. The Morgan fingerprint density at radius 3 is 2.47 bits per heavy atom. The van der Waals surface area contributed by atoms with Gasteiger partial charge in [-0.3, -0.25) is 4.79 Å². The molecule has 0 unspecified atom stereocenters. The SMILES string of the molecule is CC(C)c1nc(-c2cc(C(=O)N3CCCN(C)CC3)c3ccccn23)cs1.O=C(O)C(F)(F)F. The summed E-state index contributed by atoms with van der Waals surface area (Å²) in [6.45, 7) is 7.88. The maximum atomic E-state index is 13.3. The van der Waals surface area contributed by atoms with E-state index in [4.69, 9.17) is 14.9 Å². The fraction of sp³-hybridized carbons (Fsp3) is 0.435. The largest absolute Gasteiger partial charge is 0.490 e. The molecule has 34 heavy (non-hydrogen) atoms. The molecule has 184 valence electrons. The van der Waals surface area contributed by atoms with E-state index in [0.717, 1.165) is 60.1 Å². The van der Waals surface area contributed by atoms with Gasteiger partial charge in [-0.1, -0.05) is 19.9 Å². The Bertz CT molecular complexity index is 1160. The number of likely N-dealkylation sites (N-methyl/N-ethyl adjacent to an activating group) is 1. The van der Waals surface area contributed by atoms with Gasteiger partial charge in [0.15, 0.2) is 0 Å². The van der Waals surface area contributed by atoms with Crippen molar-refractivity contribution in [1.29, 1.82) is 0 Å². The lowest BCUT2D eigenvalue weighted by molar-refractivity contribution is -0.192. The standard InChI is InChI=1S/C21H26N4OS.C2HF3O2/c1-15(2)20-22-17(14-27-20)19-13-16(18-7-4-5-10-25(18)19)21(26)24-9-6-8-23(3)11-12-24;3-2(4,5)1(6)7/h4-5,7,10,13-15H,6,8-9,11-12H2,1-3H3;(H,6,7). The minimum absolute atomic E-state index is 0.125. The highest BCUT2D eigenvalue weighted by atomic mass is 32.1. The number of aromatic nitrogens is 2. The zero-order valence-corrected chi connectivity index (χ0v) is 20.0. The van der Waals surface area contributed by atoms with Crippen LogP contribution in [0.3, 0.4) is 0 Å². The van der Waals surface area contributed by atoms with E-state index in [1.165, 1.54) is 0 Å². The van der Waals surface area contributed by atoms with Crippen molar-refractivity contribution in [2.45, 2.75) is 32.4 Å². The molecule has 4 heterocycles. The number of nitrogens with zero attached hydrogens (tertiary/aromatic N) is 4. The number of rotatable bonds is 3. The molecule has 1 aliphatic heterocycles. The molecule has 1 saturated heterocycles. The first-order valence-electron chi connectivity index (χ1n) is 10.8. The fourth-order valence-electron chi connectivity index (χ4n) is 3.61. The smallest absolute Gasteiger partial charge is 0.475 e. The lowest BCUT2D eigenvalue weighted by Crippen LogP contribution is -2.34. The van der Waals surface area contributed by atoms with Gasteiger partial charge in [-0.15, -0.1) is 11.3 Å². The van der Waals surface area contributed by atoms with Crippen molar-refractivity contribution in [3.05, 3.63) is 46.4 Å². The van der Waals surface area contributed by atoms with E-state index in [2.05, 4.69) is 35.6 Å². The first-order valence-corrected chi connectivity index (χ1v) is 11.7. The number of hydrogen-bond donors (Lipinski definition) is 1. The summed E-state index contributed by atoms with van der Waals surface area (Å²) in [5, 5.41) is 10.3. The third-order valence-electron chi connectivity index (χ3n) is 5.43. The molecule has 0 bridgehead atoms. The van der Waals surface area contributed by atoms with Crippen molar-refractivity contribution in [1.82, 2.24) is 19.2 Å².